The van der Waals surface area contributed by atoms with Gasteiger partial charge in [-0.05, 0) is 19.1 Å². The average molecular weight is 277 g/mol. The highest BCUT2D eigenvalue weighted by Crippen LogP contribution is 2.22. The van der Waals surface area contributed by atoms with Gasteiger partial charge in [-0.15, -0.1) is 12.3 Å². The topological polar surface area (TPSA) is 55.6 Å². The largest absolute Gasteiger partial charge is 0.366 e. The molecule has 0 aliphatic heterocycles. The molecule has 3 rings (SSSR count). The molecule has 5 nitrogen and oxygen atoms in total. The average Bonchev–Trinajstić information content (AvgIpc) is 2.93. The van der Waals surface area contributed by atoms with Crippen LogP contribution in [0.3, 0.4) is 0 Å². The van der Waals surface area contributed by atoms with Crippen LogP contribution in [0.1, 0.15) is 13.3 Å². The fourth-order valence-corrected chi connectivity index (χ4v) is 2.18. The molecule has 2 aromatic heterocycles. The number of fused-ring (bicyclic) bond motifs is 1. The van der Waals surface area contributed by atoms with Crippen LogP contribution in [0.15, 0.2) is 42.9 Å². The number of nitrogens with zero attached hydrogens (tertiary/aromatic N) is 4. The molecule has 1 atom stereocenters. The van der Waals surface area contributed by atoms with Crippen molar-refractivity contribution in [2.24, 2.45) is 0 Å². The van der Waals surface area contributed by atoms with E-state index in [1.807, 2.05) is 37.3 Å². The van der Waals surface area contributed by atoms with Crippen molar-refractivity contribution in [1.29, 1.82) is 0 Å². The van der Waals surface area contributed by atoms with E-state index in [2.05, 4.69) is 26.3 Å². The van der Waals surface area contributed by atoms with Crippen LogP contribution in [0.4, 0.5) is 5.82 Å². The number of rotatable bonds is 4. The molecule has 1 N–H and O–H groups in total. The van der Waals surface area contributed by atoms with Crippen molar-refractivity contribution in [3.63, 3.8) is 0 Å². The number of terminal acetylenes is 1. The summed E-state index contributed by atoms with van der Waals surface area (Å²) >= 11 is 0. The maximum absolute atomic E-state index is 5.34. The van der Waals surface area contributed by atoms with Gasteiger partial charge in [-0.1, -0.05) is 18.2 Å². The zero-order chi connectivity index (χ0) is 14.7. The smallest absolute Gasteiger partial charge is 0.168 e. The lowest BCUT2D eigenvalue weighted by Gasteiger charge is -2.11. The monoisotopic (exact) mass is 277 g/mol. The summed E-state index contributed by atoms with van der Waals surface area (Å²) in [6.45, 7) is 2.02. The first kappa shape index (κ1) is 13.1. The molecular weight excluding hydrogens is 262 g/mol. The second-order valence-corrected chi connectivity index (χ2v) is 4.81. The lowest BCUT2D eigenvalue weighted by molar-refractivity contribution is 0.822. The SMILES string of the molecule is C#CCC(C)Nc1ncnc2c1cnn2-c1ccccc1. The summed E-state index contributed by atoms with van der Waals surface area (Å²) in [6, 6.07) is 10.0. The van der Waals surface area contributed by atoms with Crippen molar-refractivity contribution >= 4 is 16.9 Å². The summed E-state index contributed by atoms with van der Waals surface area (Å²) in [5, 5.41) is 8.60. The van der Waals surface area contributed by atoms with Crippen molar-refractivity contribution in [3.8, 4) is 18.0 Å². The number of anilines is 1. The number of para-hydroxylation sites is 1. The third-order valence-corrected chi connectivity index (χ3v) is 3.17. The molecule has 0 aliphatic carbocycles. The van der Waals surface area contributed by atoms with Gasteiger partial charge in [-0.3, -0.25) is 0 Å². The van der Waals surface area contributed by atoms with E-state index in [-0.39, 0.29) is 6.04 Å². The van der Waals surface area contributed by atoms with Gasteiger partial charge in [-0.25, -0.2) is 14.6 Å². The van der Waals surface area contributed by atoms with Crippen molar-refractivity contribution in [2.45, 2.75) is 19.4 Å². The highest BCUT2D eigenvalue weighted by Gasteiger charge is 2.12. The van der Waals surface area contributed by atoms with Crippen molar-refractivity contribution in [1.82, 2.24) is 19.7 Å². The highest BCUT2D eigenvalue weighted by molar-refractivity contribution is 5.87. The first-order valence-corrected chi connectivity index (χ1v) is 6.73. The summed E-state index contributed by atoms with van der Waals surface area (Å²) < 4.78 is 1.80. The molecule has 104 valence electrons. The molecule has 21 heavy (non-hydrogen) atoms. The Kier molecular flexibility index (Phi) is 3.52. The van der Waals surface area contributed by atoms with Gasteiger partial charge in [0.15, 0.2) is 5.65 Å². The predicted octanol–water partition coefficient (Wildman–Crippen LogP) is 2.64. The van der Waals surface area contributed by atoms with Crippen LogP contribution in [0.2, 0.25) is 0 Å². The number of nitrogens with one attached hydrogen (secondary N) is 1. The van der Waals surface area contributed by atoms with E-state index in [9.17, 15) is 0 Å². The Morgan fingerprint density at radius 3 is 2.86 bits per heavy atom. The Hall–Kier alpha value is -2.87. The molecule has 0 saturated heterocycles. The summed E-state index contributed by atoms with van der Waals surface area (Å²) in [4.78, 5) is 8.63. The molecule has 5 heteroatoms. The van der Waals surface area contributed by atoms with Gasteiger partial charge in [0.1, 0.15) is 12.1 Å². The Balaban J connectivity index is 2.03. The first-order valence-electron chi connectivity index (χ1n) is 6.73. The number of hydrogen-bond acceptors (Lipinski definition) is 4. The van der Waals surface area contributed by atoms with Crippen LogP contribution in [-0.4, -0.2) is 25.8 Å². The fourth-order valence-electron chi connectivity index (χ4n) is 2.18. The quantitative estimate of drug-likeness (QED) is 0.745. The molecule has 0 spiro atoms. The van der Waals surface area contributed by atoms with Crippen molar-refractivity contribution < 1.29 is 0 Å². The molecular formula is C16H15N5. The van der Waals surface area contributed by atoms with Crippen LogP contribution in [0.5, 0.6) is 0 Å². The molecule has 1 aromatic carbocycles. The number of hydrogen-bond donors (Lipinski definition) is 1. The van der Waals surface area contributed by atoms with E-state index in [0.717, 1.165) is 22.5 Å². The first-order chi connectivity index (χ1) is 10.3. The minimum atomic E-state index is 0.146. The van der Waals surface area contributed by atoms with Gasteiger partial charge in [0, 0.05) is 12.5 Å². The molecule has 0 saturated carbocycles. The minimum absolute atomic E-state index is 0.146. The van der Waals surface area contributed by atoms with E-state index >= 15 is 0 Å². The summed E-state index contributed by atoms with van der Waals surface area (Å²) in [5.74, 6) is 3.39. The van der Waals surface area contributed by atoms with E-state index in [1.54, 1.807) is 10.9 Å². The third-order valence-electron chi connectivity index (χ3n) is 3.17. The van der Waals surface area contributed by atoms with E-state index in [0.29, 0.717) is 6.42 Å². The van der Waals surface area contributed by atoms with Crippen LogP contribution >= 0.6 is 0 Å². The van der Waals surface area contributed by atoms with Gasteiger partial charge in [-0.2, -0.15) is 5.10 Å². The van der Waals surface area contributed by atoms with Gasteiger partial charge in [0.2, 0.25) is 0 Å². The zero-order valence-electron chi connectivity index (χ0n) is 11.7. The van der Waals surface area contributed by atoms with E-state index in [4.69, 9.17) is 6.42 Å². The normalized spacial score (nSPS) is 12.0. The maximum atomic E-state index is 5.34. The Bertz CT molecular complexity index is 785. The molecule has 0 bridgehead atoms. The zero-order valence-corrected chi connectivity index (χ0v) is 11.7. The molecule has 3 aromatic rings. The van der Waals surface area contributed by atoms with Crippen LogP contribution < -0.4 is 5.32 Å². The lowest BCUT2D eigenvalue weighted by Crippen LogP contribution is -2.15. The highest BCUT2D eigenvalue weighted by atomic mass is 15.3. The standard InChI is InChI=1S/C16H15N5/c1-3-7-12(2)20-15-14-10-19-21(16(14)18-11-17-15)13-8-5-4-6-9-13/h1,4-6,8-12H,7H2,2H3,(H,17,18,20). The second-order valence-electron chi connectivity index (χ2n) is 4.81. The van der Waals surface area contributed by atoms with Gasteiger partial charge in [0.25, 0.3) is 0 Å². The Morgan fingerprint density at radius 1 is 1.29 bits per heavy atom. The fraction of sp³-hybridized carbons (Fsp3) is 0.188. The molecule has 2 heterocycles. The summed E-state index contributed by atoms with van der Waals surface area (Å²) in [5.41, 5.74) is 1.74. The van der Waals surface area contributed by atoms with Crippen LogP contribution in [0.25, 0.3) is 16.7 Å². The molecule has 1 unspecified atom stereocenters. The summed E-state index contributed by atoms with van der Waals surface area (Å²) in [6.07, 6.45) is 9.28. The van der Waals surface area contributed by atoms with Gasteiger partial charge < -0.3 is 5.32 Å². The number of benzene rings is 1. The lowest BCUT2D eigenvalue weighted by atomic mass is 10.2. The Labute approximate surface area is 123 Å². The molecule has 0 aliphatic rings. The van der Waals surface area contributed by atoms with Crippen molar-refractivity contribution in [2.75, 3.05) is 5.32 Å². The van der Waals surface area contributed by atoms with Gasteiger partial charge >= 0.3 is 0 Å². The molecule has 0 radical (unpaired) electrons. The second kappa shape index (κ2) is 5.63. The predicted molar refractivity (Wildman–Crippen MR) is 83.2 cm³/mol. The van der Waals surface area contributed by atoms with Crippen LogP contribution in [-0.2, 0) is 0 Å². The summed E-state index contributed by atoms with van der Waals surface area (Å²) in [7, 11) is 0. The third kappa shape index (κ3) is 2.56. The van der Waals surface area contributed by atoms with E-state index in [1.165, 1.54) is 6.33 Å². The minimum Gasteiger partial charge on any atom is -0.366 e. The van der Waals surface area contributed by atoms with Crippen LogP contribution in [0, 0.1) is 12.3 Å². The van der Waals surface area contributed by atoms with Crippen molar-refractivity contribution in [3.05, 3.63) is 42.9 Å². The number of aromatic nitrogens is 4. The van der Waals surface area contributed by atoms with E-state index < -0.39 is 0 Å². The molecule has 0 amide bonds. The maximum Gasteiger partial charge on any atom is 0.168 e. The Morgan fingerprint density at radius 2 is 2.10 bits per heavy atom. The van der Waals surface area contributed by atoms with Gasteiger partial charge in [0.05, 0.1) is 17.3 Å². The molecule has 0 fully saturated rings.